The quantitative estimate of drug-likeness (QED) is 0.180. The molecule has 1 aliphatic rings. The van der Waals surface area contributed by atoms with E-state index in [-0.39, 0.29) is 23.1 Å². The summed E-state index contributed by atoms with van der Waals surface area (Å²) in [6, 6.07) is 10.5. The van der Waals surface area contributed by atoms with E-state index in [1.807, 2.05) is 25.1 Å². The molecule has 8 nitrogen and oxygen atoms in total. The number of carbonyl (C=O) groups is 1. The number of aromatic nitrogens is 2. The lowest BCUT2D eigenvalue weighted by molar-refractivity contribution is -0.0896. The van der Waals surface area contributed by atoms with Gasteiger partial charge in [-0.25, -0.2) is 4.79 Å². The zero-order valence-electron chi connectivity index (χ0n) is 21.7. The second kappa shape index (κ2) is 11.0. The number of rotatable bonds is 9. The lowest BCUT2D eigenvalue weighted by Crippen LogP contribution is -2.53. The number of anilines is 1. The van der Waals surface area contributed by atoms with Gasteiger partial charge in [0.2, 0.25) is 0 Å². The Hall–Kier alpha value is -1.63. The van der Waals surface area contributed by atoms with Crippen LogP contribution in [-0.2, 0) is 13.9 Å². The molecule has 2 N–H and O–H groups in total. The standard InChI is InChI=1S/C25H37N3O5S2Si/c1-7-25(34,35)32-17-15-19(28-14-13-18(26)27-23(28)30)31-21(17)22(33-36(5,6)24(2,3)4)20(29)16-11-9-8-10-12-16/h8-14,17,19,21-22,34-35H,7,15H2,1-6H3,(H2,26,27,30)/t17-,19+,21-,22?/m0/s1. The highest BCUT2D eigenvalue weighted by Crippen LogP contribution is 2.42. The van der Waals surface area contributed by atoms with Gasteiger partial charge in [0, 0.05) is 18.2 Å². The van der Waals surface area contributed by atoms with Crippen molar-refractivity contribution in [1.29, 1.82) is 0 Å². The van der Waals surface area contributed by atoms with Crippen LogP contribution in [0.5, 0.6) is 0 Å². The fourth-order valence-corrected chi connectivity index (χ4v) is 5.22. The maximum absolute atomic E-state index is 13.9. The molecular weight excluding hydrogens is 515 g/mol. The SMILES string of the molecule is CCC(S)(S)O[C@H]1C[C@H](n2ccc(N)nc2=O)O[C@@H]1C(O[Si](C)(C)C(C)(C)C)C(=O)c1ccccc1. The van der Waals surface area contributed by atoms with Crippen molar-refractivity contribution in [3.8, 4) is 0 Å². The molecule has 0 bridgehead atoms. The van der Waals surface area contributed by atoms with E-state index in [9.17, 15) is 9.59 Å². The monoisotopic (exact) mass is 551 g/mol. The second-order valence-electron chi connectivity index (χ2n) is 10.6. The first-order valence-corrected chi connectivity index (χ1v) is 15.9. The Labute approximate surface area is 224 Å². The van der Waals surface area contributed by atoms with E-state index in [2.05, 4.69) is 64.1 Å². The Morgan fingerprint density at radius 2 is 1.89 bits per heavy atom. The summed E-state index contributed by atoms with van der Waals surface area (Å²) in [5, 5.41) is -0.158. The van der Waals surface area contributed by atoms with Gasteiger partial charge < -0.3 is 19.6 Å². The van der Waals surface area contributed by atoms with Crippen LogP contribution < -0.4 is 11.4 Å². The first-order chi connectivity index (χ1) is 16.6. The maximum atomic E-state index is 13.9. The average molecular weight is 552 g/mol. The van der Waals surface area contributed by atoms with Crippen LogP contribution in [0.25, 0.3) is 0 Å². The van der Waals surface area contributed by atoms with Crippen molar-refractivity contribution in [3.05, 3.63) is 58.6 Å². The molecule has 1 aromatic heterocycles. The molecule has 1 unspecified atom stereocenters. The minimum atomic E-state index is -2.44. The highest BCUT2D eigenvalue weighted by Gasteiger charge is 2.50. The third kappa shape index (κ3) is 6.62. The highest BCUT2D eigenvalue weighted by molar-refractivity contribution is 8.00. The second-order valence-corrected chi connectivity index (χ2v) is 17.2. The third-order valence-electron chi connectivity index (χ3n) is 6.92. The third-order valence-corrected chi connectivity index (χ3v) is 12.2. The fraction of sp³-hybridized carbons (Fsp3) is 0.560. The Kier molecular flexibility index (Phi) is 8.84. The van der Waals surface area contributed by atoms with Crippen molar-refractivity contribution >= 4 is 45.2 Å². The molecule has 198 valence electrons. The molecule has 2 heterocycles. The van der Waals surface area contributed by atoms with Gasteiger partial charge in [-0.15, -0.1) is 25.3 Å². The van der Waals surface area contributed by atoms with E-state index in [1.165, 1.54) is 16.8 Å². The molecule has 1 aliphatic heterocycles. The fourth-order valence-electron chi connectivity index (χ4n) is 3.72. The van der Waals surface area contributed by atoms with Gasteiger partial charge in [-0.05, 0) is 30.6 Å². The minimum Gasteiger partial charge on any atom is -0.404 e. The van der Waals surface area contributed by atoms with Gasteiger partial charge in [-0.3, -0.25) is 9.36 Å². The highest BCUT2D eigenvalue weighted by atomic mass is 32.2. The topological polar surface area (TPSA) is 106 Å². The van der Waals surface area contributed by atoms with Crippen molar-refractivity contribution in [2.75, 3.05) is 5.73 Å². The lowest BCUT2D eigenvalue weighted by atomic mass is 9.99. The molecule has 11 heteroatoms. The van der Waals surface area contributed by atoms with Crippen LogP contribution in [0, 0.1) is 0 Å². The molecule has 3 rings (SSSR count). The van der Waals surface area contributed by atoms with Crippen LogP contribution in [-0.4, -0.2) is 46.2 Å². The number of hydrogen-bond acceptors (Lipinski definition) is 9. The van der Waals surface area contributed by atoms with E-state index in [4.69, 9.17) is 19.6 Å². The molecular formula is C25H37N3O5S2Si. The maximum Gasteiger partial charge on any atom is 0.351 e. The van der Waals surface area contributed by atoms with Gasteiger partial charge in [0.05, 0.1) is 6.10 Å². The molecule has 0 amide bonds. The van der Waals surface area contributed by atoms with Gasteiger partial charge in [0.1, 0.15) is 24.3 Å². The van der Waals surface area contributed by atoms with Crippen molar-refractivity contribution in [2.24, 2.45) is 0 Å². The number of Topliss-reactive ketones (excluding diaryl/α,β-unsaturated/α-hetero) is 1. The van der Waals surface area contributed by atoms with Gasteiger partial charge in [-0.2, -0.15) is 4.98 Å². The number of ether oxygens (including phenoxy) is 2. The molecule has 1 aromatic carbocycles. The number of nitrogen functional groups attached to an aromatic ring is 1. The zero-order valence-corrected chi connectivity index (χ0v) is 24.5. The van der Waals surface area contributed by atoms with Gasteiger partial charge in [-0.1, -0.05) is 58.0 Å². The van der Waals surface area contributed by atoms with Crippen LogP contribution in [0.3, 0.4) is 0 Å². The number of ketones is 1. The summed E-state index contributed by atoms with van der Waals surface area (Å²) in [4.78, 5) is 30.3. The normalized spacial score (nSPS) is 21.9. The predicted octanol–water partition coefficient (Wildman–Crippen LogP) is 4.69. The Morgan fingerprint density at radius 1 is 1.25 bits per heavy atom. The molecule has 0 saturated carbocycles. The smallest absolute Gasteiger partial charge is 0.351 e. The first kappa shape index (κ1) is 28.9. The van der Waals surface area contributed by atoms with E-state index < -0.39 is 42.8 Å². The number of benzene rings is 1. The molecule has 36 heavy (non-hydrogen) atoms. The number of nitrogens with two attached hydrogens (primary N) is 1. The van der Waals surface area contributed by atoms with Crippen LogP contribution in [0.4, 0.5) is 5.82 Å². The summed E-state index contributed by atoms with van der Waals surface area (Å²) in [7, 11) is -2.44. The lowest BCUT2D eigenvalue weighted by Gasteiger charge is -2.41. The van der Waals surface area contributed by atoms with Crippen molar-refractivity contribution in [3.63, 3.8) is 0 Å². The zero-order chi connectivity index (χ0) is 26.9. The number of thiol groups is 2. The van der Waals surface area contributed by atoms with Crippen molar-refractivity contribution in [1.82, 2.24) is 9.55 Å². The van der Waals surface area contributed by atoms with Crippen LogP contribution >= 0.6 is 25.3 Å². The number of nitrogens with zero attached hydrogens (tertiary/aromatic N) is 2. The minimum absolute atomic E-state index is 0.118. The molecule has 1 fully saturated rings. The molecule has 2 aromatic rings. The first-order valence-electron chi connectivity index (χ1n) is 12.0. The van der Waals surface area contributed by atoms with Gasteiger partial charge in [0.15, 0.2) is 18.4 Å². The molecule has 0 spiro atoms. The molecule has 1 saturated heterocycles. The Balaban J connectivity index is 2.07. The van der Waals surface area contributed by atoms with E-state index >= 15 is 0 Å². The summed E-state index contributed by atoms with van der Waals surface area (Å²) in [6.45, 7) is 12.4. The molecule has 0 radical (unpaired) electrons. The Morgan fingerprint density at radius 3 is 2.44 bits per heavy atom. The van der Waals surface area contributed by atoms with Crippen LogP contribution in [0.1, 0.15) is 57.1 Å². The van der Waals surface area contributed by atoms with Gasteiger partial charge >= 0.3 is 5.69 Å². The summed E-state index contributed by atoms with van der Waals surface area (Å²) in [5.41, 5.74) is 5.64. The van der Waals surface area contributed by atoms with E-state index in [0.29, 0.717) is 12.0 Å². The predicted molar refractivity (Wildman–Crippen MR) is 150 cm³/mol. The van der Waals surface area contributed by atoms with Gasteiger partial charge in [0.25, 0.3) is 0 Å². The van der Waals surface area contributed by atoms with Crippen molar-refractivity contribution in [2.45, 2.75) is 87.5 Å². The number of carbonyl (C=O) groups excluding carboxylic acids is 1. The summed E-state index contributed by atoms with van der Waals surface area (Å²) in [6.07, 6.45) is -0.830. The summed E-state index contributed by atoms with van der Waals surface area (Å²) >= 11 is 9.09. The largest absolute Gasteiger partial charge is 0.404 e. The van der Waals surface area contributed by atoms with Crippen LogP contribution in [0.15, 0.2) is 47.4 Å². The van der Waals surface area contributed by atoms with Crippen molar-refractivity contribution < 1.29 is 18.7 Å². The average Bonchev–Trinajstić information content (AvgIpc) is 3.19. The summed E-state index contributed by atoms with van der Waals surface area (Å²) in [5.74, 6) is -0.0874. The summed E-state index contributed by atoms with van der Waals surface area (Å²) < 4.78 is 19.7. The van der Waals surface area contributed by atoms with E-state index in [1.54, 1.807) is 12.1 Å². The van der Waals surface area contributed by atoms with Crippen LogP contribution in [0.2, 0.25) is 18.1 Å². The molecule has 4 atom stereocenters. The Bertz CT molecular complexity index is 1120. The molecule has 0 aliphatic carbocycles. The van der Waals surface area contributed by atoms with E-state index in [0.717, 1.165) is 0 Å². The number of hydrogen-bond donors (Lipinski definition) is 3.